The van der Waals surface area contributed by atoms with Crippen LogP contribution in [-0.4, -0.2) is 62.1 Å². The maximum absolute atomic E-state index is 13.9. The smallest absolute Gasteiger partial charge is 0.257 e. The van der Waals surface area contributed by atoms with Gasteiger partial charge in [0.1, 0.15) is 5.82 Å². The van der Waals surface area contributed by atoms with Crippen molar-refractivity contribution in [2.45, 2.75) is 51.4 Å². The number of carbonyl (C=O) groups is 1. The molecule has 3 aromatic rings. The van der Waals surface area contributed by atoms with Gasteiger partial charge in [-0.1, -0.05) is 0 Å². The lowest BCUT2D eigenvalue weighted by Gasteiger charge is -2.35. The summed E-state index contributed by atoms with van der Waals surface area (Å²) in [7, 11) is -3.48. The summed E-state index contributed by atoms with van der Waals surface area (Å²) in [4.78, 5) is 25.3. The van der Waals surface area contributed by atoms with Gasteiger partial charge in [-0.25, -0.2) is 22.2 Å². The number of H-pyrrole nitrogens is 1. The summed E-state index contributed by atoms with van der Waals surface area (Å²) in [5.41, 5.74) is 3.99. The fraction of sp³-hybridized carbons (Fsp3) is 0.467. The van der Waals surface area contributed by atoms with Gasteiger partial charge in [-0.15, -0.1) is 0 Å². The van der Waals surface area contributed by atoms with Crippen LogP contribution in [0.2, 0.25) is 0 Å². The Morgan fingerprint density at radius 1 is 0.929 bits per heavy atom. The van der Waals surface area contributed by atoms with E-state index in [2.05, 4.69) is 24.9 Å². The van der Waals surface area contributed by atoms with Gasteiger partial charge in [-0.05, 0) is 74.4 Å². The number of rotatable bonds is 8. The lowest BCUT2D eigenvalue weighted by molar-refractivity contribution is -0.0220. The quantitative estimate of drug-likeness (QED) is 0.307. The maximum Gasteiger partial charge on any atom is 0.257 e. The van der Waals surface area contributed by atoms with Gasteiger partial charge < -0.3 is 20.1 Å². The minimum Gasteiger partial charge on any atom is -0.371 e. The van der Waals surface area contributed by atoms with Crippen LogP contribution in [-0.2, 0) is 10.0 Å². The zero-order chi connectivity index (χ0) is 29.5. The minimum absolute atomic E-state index is 0.0538. The van der Waals surface area contributed by atoms with Gasteiger partial charge in [0.25, 0.3) is 11.8 Å². The highest BCUT2D eigenvalue weighted by Crippen LogP contribution is 2.54. The van der Waals surface area contributed by atoms with Crippen LogP contribution in [0.25, 0.3) is 11.4 Å². The van der Waals surface area contributed by atoms with Crippen molar-refractivity contribution in [2.75, 3.05) is 51.8 Å². The monoisotopic (exact) mass is 598 g/mol. The van der Waals surface area contributed by atoms with E-state index >= 15 is 0 Å². The number of piperidine rings is 2. The molecule has 1 aromatic heterocycles. The Bertz CT molecular complexity index is 1550. The summed E-state index contributed by atoms with van der Waals surface area (Å²) in [6.07, 6.45) is 7.45. The number of nitrogens with one attached hydrogen (secondary N) is 3. The van der Waals surface area contributed by atoms with E-state index in [0.29, 0.717) is 39.6 Å². The van der Waals surface area contributed by atoms with Gasteiger partial charge in [0, 0.05) is 68.4 Å². The molecule has 1 aliphatic carbocycles. The third kappa shape index (κ3) is 6.08. The summed E-state index contributed by atoms with van der Waals surface area (Å²) in [5, 5.41) is 3.00. The van der Waals surface area contributed by atoms with Crippen LogP contribution in [0.1, 0.15) is 55.8 Å². The van der Waals surface area contributed by atoms with E-state index in [9.17, 15) is 22.0 Å². The Kier molecular flexibility index (Phi) is 7.36. The topological polar surface area (TPSA) is 110 Å². The predicted molar refractivity (Wildman–Crippen MR) is 161 cm³/mol. The van der Waals surface area contributed by atoms with Gasteiger partial charge in [-0.3, -0.25) is 9.52 Å². The van der Waals surface area contributed by atoms with E-state index in [4.69, 9.17) is 0 Å². The van der Waals surface area contributed by atoms with Crippen LogP contribution in [0.15, 0.2) is 48.8 Å². The molecule has 1 saturated carbocycles. The van der Waals surface area contributed by atoms with Crippen LogP contribution < -0.4 is 19.8 Å². The normalized spacial score (nSPS) is 19.5. The first kappa shape index (κ1) is 28.4. The second kappa shape index (κ2) is 10.9. The number of carbonyl (C=O) groups excluding carboxylic acids is 1. The summed E-state index contributed by atoms with van der Waals surface area (Å²) in [6.45, 7) is 3.55. The average molecular weight is 599 g/mol. The molecule has 3 fully saturated rings. The lowest BCUT2D eigenvalue weighted by atomic mass is 9.93. The molecule has 2 aliphatic heterocycles. The highest BCUT2D eigenvalue weighted by Gasteiger charge is 2.44. The van der Waals surface area contributed by atoms with Gasteiger partial charge in [0.05, 0.1) is 22.7 Å². The minimum atomic E-state index is -3.48. The Balaban J connectivity index is 1.29. The van der Waals surface area contributed by atoms with E-state index in [1.807, 2.05) is 11.0 Å². The number of hydrogen-bond acceptors (Lipinski definition) is 6. The molecule has 224 valence electrons. The van der Waals surface area contributed by atoms with Crippen molar-refractivity contribution in [3.63, 3.8) is 0 Å². The Hall–Kier alpha value is -3.67. The molecule has 6 rings (SSSR count). The van der Waals surface area contributed by atoms with Crippen molar-refractivity contribution in [1.82, 2.24) is 9.97 Å². The molecule has 0 atom stereocenters. The Morgan fingerprint density at radius 3 is 2.21 bits per heavy atom. The molecule has 3 N–H and O–H groups in total. The SMILES string of the molecule is CCS(=O)(=O)Nc1ccc(C(=O)Nc2ccc(-c3ncc[nH]3)c(N3CCC(F)(F)CC3)c2)c(N2CCC3(CC2)CC3)c1. The largest absolute Gasteiger partial charge is 0.371 e. The fourth-order valence-electron chi connectivity index (χ4n) is 5.96. The number of hydrogen-bond donors (Lipinski definition) is 3. The highest BCUT2D eigenvalue weighted by molar-refractivity contribution is 7.92. The second-order valence-corrected chi connectivity index (χ2v) is 13.7. The van der Waals surface area contributed by atoms with Crippen LogP contribution >= 0.6 is 0 Å². The van der Waals surface area contributed by atoms with E-state index in [1.54, 1.807) is 49.6 Å². The van der Waals surface area contributed by atoms with Gasteiger partial charge >= 0.3 is 0 Å². The number of nitrogens with zero attached hydrogens (tertiary/aromatic N) is 3. The predicted octanol–water partition coefficient (Wildman–Crippen LogP) is 5.71. The van der Waals surface area contributed by atoms with Crippen LogP contribution in [0.3, 0.4) is 0 Å². The van der Waals surface area contributed by atoms with Crippen molar-refractivity contribution < 1.29 is 22.0 Å². The van der Waals surface area contributed by atoms with Gasteiger partial charge in [-0.2, -0.15) is 0 Å². The molecular formula is C30H36F2N6O3S. The number of sulfonamides is 1. The summed E-state index contributed by atoms with van der Waals surface area (Å²) >= 11 is 0. The molecule has 3 aliphatic rings. The number of imidazole rings is 1. The van der Waals surface area contributed by atoms with Crippen LogP contribution in [0, 0.1) is 5.41 Å². The van der Waals surface area contributed by atoms with Gasteiger partial charge in [0.15, 0.2) is 0 Å². The first-order valence-electron chi connectivity index (χ1n) is 14.5. The summed E-state index contributed by atoms with van der Waals surface area (Å²) in [5.74, 6) is -2.45. The Morgan fingerprint density at radius 2 is 1.57 bits per heavy atom. The molecule has 2 aromatic carbocycles. The molecular weight excluding hydrogens is 562 g/mol. The molecule has 0 unspecified atom stereocenters. The number of benzene rings is 2. The number of aromatic amines is 1. The summed E-state index contributed by atoms with van der Waals surface area (Å²) < 4.78 is 55.0. The van der Waals surface area contributed by atoms with Crippen molar-refractivity contribution >= 4 is 38.7 Å². The van der Waals surface area contributed by atoms with E-state index in [1.165, 1.54) is 12.8 Å². The molecule has 2 saturated heterocycles. The molecule has 3 heterocycles. The molecule has 9 nitrogen and oxygen atoms in total. The van der Waals surface area contributed by atoms with E-state index in [-0.39, 0.29) is 37.6 Å². The molecule has 0 bridgehead atoms. The lowest BCUT2D eigenvalue weighted by Crippen LogP contribution is -2.39. The third-order valence-corrected chi connectivity index (χ3v) is 10.2. The fourth-order valence-corrected chi connectivity index (χ4v) is 6.59. The number of aromatic nitrogens is 2. The molecule has 0 radical (unpaired) electrons. The zero-order valence-corrected chi connectivity index (χ0v) is 24.4. The average Bonchev–Trinajstić information content (AvgIpc) is 3.48. The van der Waals surface area contributed by atoms with Gasteiger partial charge in [0.2, 0.25) is 10.0 Å². The van der Waals surface area contributed by atoms with E-state index in [0.717, 1.165) is 31.5 Å². The first-order chi connectivity index (χ1) is 20.1. The van der Waals surface area contributed by atoms with Crippen molar-refractivity contribution in [3.05, 3.63) is 54.4 Å². The van der Waals surface area contributed by atoms with Crippen molar-refractivity contribution in [2.24, 2.45) is 5.41 Å². The third-order valence-electron chi connectivity index (χ3n) is 8.86. The molecule has 1 spiro atoms. The second-order valence-electron chi connectivity index (χ2n) is 11.7. The molecule has 1 amide bonds. The molecule has 42 heavy (non-hydrogen) atoms. The van der Waals surface area contributed by atoms with Crippen molar-refractivity contribution in [1.29, 1.82) is 0 Å². The van der Waals surface area contributed by atoms with Crippen LogP contribution in [0.5, 0.6) is 0 Å². The number of anilines is 4. The maximum atomic E-state index is 13.9. The highest BCUT2D eigenvalue weighted by atomic mass is 32.2. The number of halogens is 2. The van der Waals surface area contributed by atoms with Crippen molar-refractivity contribution in [3.8, 4) is 11.4 Å². The molecule has 12 heteroatoms. The number of alkyl halides is 2. The number of amides is 1. The first-order valence-corrected chi connectivity index (χ1v) is 16.2. The zero-order valence-electron chi connectivity index (χ0n) is 23.6. The summed E-state index contributed by atoms with van der Waals surface area (Å²) in [6, 6.07) is 10.4. The standard InChI is InChI=1S/C30H36F2N6O3S/c1-2-42(40,41)36-22-4-6-24(26(20-22)37-15-9-29(7-8-29)10-16-37)28(39)35-21-3-5-23(27-33-13-14-34-27)25(19-21)38-17-11-30(31,32)12-18-38/h3-6,13-14,19-20,36H,2,7-12,15-18H2,1H3,(H,33,34)(H,35,39). The van der Waals surface area contributed by atoms with Crippen LogP contribution in [0.4, 0.5) is 31.5 Å². The Labute approximate surface area is 244 Å². The van der Waals surface area contributed by atoms with E-state index < -0.39 is 15.9 Å².